The molecule has 2 aromatic carbocycles. The third kappa shape index (κ3) is 6.39. The quantitative estimate of drug-likeness (QED) is 0.293. The van der Waals surface area contributed by atoms with E-state index in [1.165, 1.54) is 0 Å². The van der Waals surface area contributed by atoms with Crippen LogP contribution in [-0.2, 0) is 0 Å². The average molecular weight is 445 g/mol. The number of benzene rings is 2. The fourth-order valence-corrected chi connectivity index (χ4v) is 2.42. The minimum Gasteiger partial charge on any atom is -0.497 e. The summed E-state index contributed by atoms with van der Waals surface area (Å²) < 4.78 is 10.5. The Morgan fingerprint density at radius 2 is 1.00 bits per heavy atom. The van der Waals surface area contributed by atoms with E-state index < -0.39 is 0 Å². The molecule has 30 heavy (non-hydrogen) atoms. The summed E-state index contributed by atoms with van der Waals surface area (Å²) in [6.07, 6.45) is 0. The van der Waals surface area contributed by atoms with E-state index in [9.17, 15) is 0 Å². The monoisotopic (exact) mass is 444 g/mol. The van der Waals surface area contributed by atoms with Crippen LogP contribution in [0.15, 0.2) is 58.7 Å². The fraction of sp³-hybridized carbons (Fsp3) is 0.200. The van der Waals surface area contributed by atoms with Gasteiger partial charge in [0.2, 0.25) is 0 Å². The zero-order valence-electron chi connectivity index (χ0n) is 17.1. The van der Waals surface area contributed by atoms with E-state index in [0.717, 1.165) is 22.6 Å². The Bertz CT molecular complexity index is 850. The molecular formula is C20H24N6O2S2. The molecule has 8 nitrogen and oxygen atoms in total. The summed E-state index contributed by atoms with van der Waals surface area (Å²) >= 11 is 10.3. The predicted molar refractivity (Wildman–Crippen MR) is 129 cm³/mol. The number of rotatable bonds is 7. The van der Waals surface area contributed by atoms with Crippen molar-refractivity contribution in [2.45, 2.75) is 0 Å². The van der Waals surface area contributed by atoms with Gasteiger partial charge in [0.15, 0.2) is 10.2 Å². The normalized spacial score (nSPS) is 11.3. The number of hydrazone groups is 2. The summed E-state index contributed by atoms with van der Waals surface area (Å²) in [6.45, 7) is 0. The number of hydrogen-bond donors (Lipinski definition) is 4. The van der Waals surface area contributed by atoms with Crippen molar-refractivity contribution in [1.29, 1.82) is 0 Å². The van der Waals surface area contributed by atoms with Gasteiger partial charge in [-0.2, -0.15) is 10.2 Å². The lowest BCUT2D eigenvalue weighted by atomic mass is 9.99. The molecular weight excluding hydrogens is 420 g/mol. The third-order valence-electron chi connectivity index (χ3n) is 3.94. The van der Waals surface area contributed by atoms with Crippen molar-refractivity contribution in [2.75, 3.05) is 28.3 Å². The Morgan fingerprint density at radius 1 is 0.667 bits per heavy atom. The first-order valence-electron chi connectivity index (χ1n) is 8.92. The molecule has 0 spiro atoms. The Hall–Kier alpha value is -3.24. The molecule has 0 atom stereocenters. The maximum Gasteiger partial charge on any atom is 0.186 e. The van der Waals surface area contributed by atoms with Gasteiger partial charge in [0.05, 0.1) is 14.2 Å². The Morgan fingerprint density at radius 3 is 1.27 bits per heavy atom. The second-order valence-corrected chi connectivity index (χ2v) is 6.58. The van der Waals surface area contributed by atoms with Crippen molar-refractivity contribution < 1.29 is 9.47 Å². The van der Waals surface area contributed by atoms with Crippen molar-refractivity contribution in [3.8, 4) is 11.5 Å². The van der Waals surface area contributed by atoms with Gasteiger partial charge in [0, 0.05) is 25.2 Å². The van der Waals surface area contributed by atoms with E-state index >= 15 is 0 Å². The molecule has 0 aliphatic carbocycles. The van der Waals surface area contributed by atoms with Crippen LogP contribution in [0.25, 0.3) is 0 Å². The molecule has 0 saturated carbocycles. The first-order valence-corrected chi connectivity index (χ1v) is 9.74. The first-order chi connectivity index (χ1) is 14.5. The van der Waals surface area contributed by atoms with E-state index in [1.54, 1.807) is 28.3 Å². The standard InChI is InChI=1S/C20H24N6O2S2/c1-21-19(29)25-23-17(13-5-9-15(27-3)10-6-13)18(24-26-20(30)22-2)14-7-11-16(28-4)12-8-14/h5-12H,1-4H3,(H2,21,25,29)(H2,22,26,30)/b23-17+,24-18+. The van der Waals surface area contributed by atoms with Crippen LogP contribution in [0.5, 0.6) is 11.5 Å². The largest absolute Gasteiger partial charge is 0.497 e. The second kappa shape index (κ2) is 11.7. The number of nitrogens with zero attached hydrogens (tertiary/aromatic N) is 2. The summed E-state index contributed by atoms with van der Waals surface area (Å²) in [5.41, 5.74) is 8.35. The minimum absolute atomic E-state index is 0.369. The number of ether oxygens (including phenoxy) is 2. The molecule has 2 aromatic rings. The van der Waals surface area contributed by atoms with Crippen molar-refractivity contribution in [3.63, 3.8) is 0 Å². The van der Waals surface area contributed by atoms with E-state index in [0.29, 0.717) is 21.6 Å². The van der Waals surface area contributed by atoms with Crippen LogP contribution in [0.2, 0.25) is 0 Å². The van der Waals surface area contributed by atoms with Crippen molar-refractivity contribution in [3.05, 3.63) is 59.7 Å². The van der Waals surface area contributed by atoms with Crippen LogP contribution in [0.3, 0.4) is 0 Å². The summed E-state index contributed by atoms with van der Waals surface area (Å²) in [5, 5.41) is 15.4. The van der Waals surface area contributed by atoms with Crippen LogP contribution in [0.4, 0.5) is 0 Å². The van der Waals surface area contributed by atoms with Crippen LogP contribution in [0.1, 0.15) is 11.1 Å². The van der Waals surface area contributed by atoms with Crippen LogP contribution in [0, 0.1) is 0 Å². The van der Waals surface area contributed by atoms with Crippen molar-refractivity contribution in [2.24, 2.45) is 10.2 Å². The summed E-state index contributed by atoms with van der Waals surface area (Å²) in [5.74, 6) is 1.46. The lowest BCUT2D eigenvalue weighted by Gasteiger charge is -2.14. The third-order valence-corrected chi connectivity index (χ3v) is 4.53. The molecule has 0 amide bonds. The summed E-state index contributed by atoms with van der Waals surface area (Å²) in [4.78, 5) is 0. The lowest BCUT2D eigenvalue weighted by molar-refractivity contribution is 0.414. The zero-order chi connectivity index (χ0) is 21.9. The van der Waals surface area contributed by atoms with Gasteiger partial charge in [-0.25, -0.2) is 0 Å². The molecule has 0 bridgehead atoms. The highest BCUT2D eigenvalue weighted by molar-refractivity contribution is 7.80. The molecule has 4 N–H and O–H groups in total. The van der Waals surface area contributed by atoms with Gasteiger partial charge in [-0.05, 0) is 73.0 Å². The topological polar surface area (TPSA) is 91.3 Å². The van der Waals surface area contributed by atoms with Gasteiger partial charge in [-0.15, -0.1) is 0 Å². The van der Waals surface area contributed by atoms with E-state index in [-0.39, 0.29) is 0 Å². The van der Waals surface area contributed by atoms with Gasteiger partial charge in [-0.1, -0.05) is 0 Å². The van der Waals surface area contributed by atoms with E-state index in [4.69, 9.17) is 33.9 Å². The molecule has 0 fully saturated rings. The number of hydrogen-bond acceptors (Lipinski definition) is 6. The lowest BCUT2D eigenvalue weighted by Crippen LogP contribution is -2.33. The molecule has 10 heteroatoms. The molecule has 0 aliphatic rings. The minimum atomic E-state index is 0.369. The maximum absolute atomic E-state index is 5.26. The van der Waals surface area contributed by atoms with Gasteiger partial charge >= 0.3 is 0 Å². The highest BCUT2D eigenvalue weighted by atomic mass is 32.1. The van der Waals surface area contributed by atoms with Crippen LogP contribution < -0.4 is 31.0 Å². The van der Waals surface area contributed by atoms with Gasteiger partial charge in [0.25, 0.3) is 0 Å². The molecule has 158 valence electrons. The number of nitrogens with one attached hydrogen (secondary N) is 4. The predicted octanol–water partition coefficient (Wildman–Crippen LogP) is 2.00. The Labute approximate surface area is 186 Å². The Kier molecular flexibility index (Phi) is 8.98. The number of thiocarbonyl (C=S) groups is 2. The Balaban J connectivity index is 2.58. The summed E-state index contributed by atoms with van der Waals surface area (Å²) in [7, 11) is 6.65. The maximum atomic E-state index is 5.26. The van der Waals surface area contributed by atoms with E-state index in [1.807, 2.05) is 48.5 Å². The van der Waals surface area contributed by atoms with Crippen molar-refractivity contribution >= 4 is 46.1 Å². The molecule has 0 radical (unpaired) electrons. The van der Waals surface area contributed by atoms with Crippen LogP contribution >= 0.6 is 24.4 Å². The van der Waals surface area contributed by atoms with Gasteiger partial charge < -0.3 is 20.1 Å². The van der Waals surface area contributed by atoms with Crippen LogP contribution in [-0.4, -0.2) is 50.0 Å². The average Bonchev–Trinajstić information content (AvgIpc) is 2.80. The molecule has 0 aromatic heterocycles. The first kappa shape index (κ1) is 23.0. The smallest absolute Gasteiger partial charge is 0.186 e. The molecule has 2 rings (SSSR count). The van der Waals surface area contributed by atoms with Gasteiger partial charge in [-0.3, -0.25) is 10.9 Å². The SMILES string of the molecule is CNC(=S)N/N=C(/C(=N/NC(=S)NC)c1ccc(OC)cc1)c1ccc(OC)cc1. The summed E-state index contributed by atoms with van der Waals surface area (Å²) in [6, 6.07) is 14.9. The molecule has 0 saturated heterocycles. The number of methoxy groups -OCH3 is 2. The van der Waals surface area contributed by atoms with E-state index in [2.05, 4.69) is 31.7 Å². The molecule has 0 heterocycles. The zero-order valence-corrected chi connectivity index (χ0v) is 18.8. The molecule has 0 unspecified atom stereocenters. The molecule has 0 aliphatic heterocycles. The van der Waals surface area contributed by atoms with Gasteiger partial charge in [0.1, 0.15) is 22.9 Å². The fourth-order valence-electron chi connectivity index (χ4n) is 2.33. The van der Waals surface area contributed by atoms with Crippen molar-refractivity contribution in [1.82, 2.24) is 21.5 Å². The second-order valence-electron chi connectivity index (χ2n) is 5.76. The highest BCUT2D eigenvalue weighted by Crippen LogP contribution is 2.17. The highest BCUT2D eigenvalue weighted by Gasteiger charge is 2.16.